The fourth-order valence-electron chi connectivity index (χ4n) is 6.05. The molecular formula is C35H39ClN4O4S. The molecule has 1 aliphatic heterocycles. The summed E-state index contributed by atoms with van der Waals surface area (Å²) in [6.07, 6.45) is 1.17. The van der Waals surface area contributed by atoms with Crippen molar-refractivity contribution in [2.75, 3.05) is 17.8 Å². The van der Waals surface area contributed by atoms with Gasteiger partial charge in [-0.15, -0.1) is 0 Å². The second-order valence-corrected chi connectivity index (χ2v) is 14.1. The van der Waals surface area contributed by atoms with Crippen LogP contribution in [0.1, 0.15) is 42.5 Å². The molecule has 0 spiro atoms. The summed E-state index contributed by atoms with van der Waals surface area (Å²) >= 11 is 6.31. The second kappa shape index (κ2) is 14.0. The molecule has 0 aliphatic carbocycles. The summed E-state index contributed by atoms with van der Waals surface area (Å²) in [5.41, 5.74) is 5.30. The first-order chi connectivity index (χ1) is 21.5. The fourth-order valence-corrected chi connectivity index (χ4v) is 7.25. The minimum Gasteiger partial charge on any atom is -0.445 e. The molecule has 2 unspecified atom stereocenters. The monoisotopic (exact) mass is 646 g/mol. The number of hydrogen-bond donors (Lipinski definition) is 1. The standard InChI is InChI=1S/C35H39ClN4O4S/c1-23-10-8-11-24(2)33(23)31-20-32(36)38-34(37-31)39-45(42,43)30-15-9-14-28(19-30)18-29-16-17-40(21-25(3)26(29)4)35(41)44-22-27-12-6-5-7-13-27/h5-15,19-20,25-26,29H,16-18,21-22H2,1-4H3,(H,37,38,39)/t25?,26-,29?/m1/s1. The Morgan fingerprint density at radius 2 is 1.64 bits per heavy atom. The number of nitrogens with one attached hydrogen (secondary N) is 1. The number of likely N-dealkylation sites (tertiary alicyclic amines) is 1. The number of hydrogen-bond acceptors (Lipinski definition) is 6. The van der Waals surface area contributed by atoms with Crippen LogP contribution in [-0.4, -0.2) is 42.5 Å². The third kappa shape index (κ3) is 8.02. The van der Waals surface area contributed by atoms with Crippen molar-refractivity contribution in [2.45, 2.75) is 52.0 Å². The average molecular weight is 647 g/mol. The molecule has 2 heterocycles. The van der Waals surface area contributed by atoms with Crippen LogP contribution in [0, 0.1) is 31.6 Å². The zero-order valence-electron chi connectivity index (χ0n) is 26.0. The van der Waals surface area contributed by atoms with Gasteiger partial charge in [-0.2, -0.15) is 0 Å². The van der Waals surface area contributed by atoms with E-state index in [1.807, 2.05) is 68.4 Å². The van der Waals surface area contributed by atoms with Crippen LogP contribution in [0.4, 0.5) is 10.7 Å². The third-order valence-corrected chi connectivity index (χ3v) is 10.3. The zero-order valence-corrected chi connectivity index (χ0v) is 27.6. The number of sulfonamides is 1. The van der Waals surface area contributed by atoms with E-state index in [1.54, 1.807) is 29.2 Å². The van der Waals surface area contributed by atoms with Gasteiger partial charge in [-0.25, -0.2) is 27.9 Å². The van der Waals surface area contributed by atoms with Crippen molar-refractivity contribution in [3.63, 3.8) is 0 Å². The highest BCUT2D eigenvalue weighted by molar-refractivity contribution is 7.92. The van der Waals surface area contributed by atoms with Crippen LogP contribution >= 0.6 is 11.6 Å². The molecule has 1 N–H and O–H groups in total. The van der Waals surface area contributed by atoms with Gasteiger partial charge in [-0.3, -0.25) is 0 Å². The summed E-state index contributed by atoms with van der Waals surface area (Å²) in [6.45, 7) is 9.75. The SMILES string of the molecule is Cc1cccc(C)c1-c1cc(Cl)nc(NS(=O)(=O)c2cccc(CC3CCN(C(=O)OCc4ccccc4)CC(C)[C@H]3C)c2)n1. The quantitative estimate of drug-likeness (QED) is 0.197. The van der Waals surface area contributed by atoms with Crippen LogP contribution < -0.4 is 4.72 Å². The van der Waals surface area contributed by atoms with Crippen molar-refractivity contribution in [1.82, 2.24) is 14.9 Å². The molecule has 1 fully saturated rings. The van der Waals surface area contributed by atoms with Gasteiger partial charge in [-0.05, 0) is 78.8 Å². The summed E-state index contributed by atoms with van der Waals surface area (Å²) in [6, 6.07) is 24.2. The van der Waals surface area contributed by atoms with Crippen molar-refractivity contribution < 1.29 is 17.9 Å². The maximum atomic E-state index is 13.5. The molecule has 10 heteroatoms. The number of aryl methyl sites for hydroxylation is 2. The van der Waals surface area contributed by atoms with Crippen LogP contribution in [0.15, 0.2) is 83.8 Å². The molecule has 1 aromatic heterocycles. The fraction of sp³-hybridized carbons (Fsp3) is 0.343. The molecule has 1 amide bonds. The highest BCUT2D eigenvalue weighted by atomic mass is 35.5. The summed E-state index contributed by atoms with van der Waals surface area (Å²) in [5, 5.41) is 0.142. The molecule has 3 atom stereocenters. The van der Waals surface area contributed by atoms with Gasteiger partial charge >= 0.3 is 6.09 Å². The van der Waals surface area contributed by atoms with Crippen LogP contribution in [0.5, 0.6) is 0 Å². The molecule has 0 saturated carbocycles. The Balaban J connectivity index is 1.28. The Labute approximate surface area is 270 Å². The van der Waals surface area contributed by atoms with Crippen molar-refractivity contribution >= 4 is 33.7 Å². The molecular weight excluding hydrogens is 608 g/mol. The molecule has 0 radical (unpaired) electrons. The van der Waals surface area contributed by atoms with E-state index in [4.69, 9.17) is 16.3 Å². The number of nitrogens with zero attached hydrogens (tertiary/aromatic N) is 3. The normalized spacial score (nSPS) is 18.7. The van der Waals surface area contributed by atoms with E-state index in [2.05, 4.69) is 28.5 Å². The topological polar surface area (TPSA) is 101 Å². The van der Waals surface area contributed by atoms with Crippen molar-refractivity contribution in [1.29, 1.82) is 0 Å². The lowest BCUT2D eigenvalue weighted by molar-refractivity contribution is 0.0926. The van der Waals surface area contributed by atoms with E-state index in [0.717, 1.165) is 34.2 Å². The number of ether oxygens (including phenoxy) is 1. The van der Waals surface area contributed by atoms with Crippen LogP contribution in [-0.2, 0) is 27.8 Å². The van der Waals surface area contributed by atoms with Gasteiger partial charge in [0.2, 0.25) is 5.95 Å². The van der Waals surface area contributed by atoms with Crippen molar-refractivity contribution in [3.05, 3.63) is 106 Å². The first kappa shape index (κ1) is 32.4. The van der Waals surface area contributed by atoms with Gasteiger partial charge in [0.25, 0.3) is 10.0 Å². The van der Waals surface area contributed by atoms with Gasteiger partial charge in [0.15, 0.2) is 0 Å². The second-order valence-electron chi connectivity index (χ2n) is 12.0. The number of rotatable bonds is 8. The predicted molar refractivity (Wildman–Crippen MR) is 178 cm³/mol. The summed E-state index contributed by atoms with van der Waals surface area (Å²) in [4.78, 5) is 23.5. The largest absolute Gasteiger partial charge is 0.445 e. The van der Waals surface area contributed by atoms with Gasteiger partial charge < -0.3 is 9.64 Å². The maximum Gasteiger partial charge on any atom is 0.410 e. The molecule has 3 aromatic carbocycles. The Bertz CT molecular complexity index is 1750. The van der Waals surface area contributed by atoms with Crippen molar-refractivity contribution in [2.24, 2.45) is 17.8 Å². The van der Waals surface area contributed by atoms with Gasteiger partial charge in [-0.1, -0.05) is 86.1 Å². The summed E-state index contributed by atoms with van der Waals surface area (Å²) < 4.78 is 35.1. The number of aromatic nitrogens is 2. The van der Waals surface area contributed by atoms with Crippen LogP contribution in [0.2, 0.25) is 5.15 Å². The number of benzene rings is 3. The Morgan fingerprint density at radius 3 is 2.38 bits per heavy atom. The van der Waals surface area contributed by atoms with E-state index in [0.29, 0.717) is 31.1 Å². The molecule has 45 heavy (non-hydrogen) atoms. The van der Waals surface area contributed by atoms with Gasteiger partial charge in [0.1, 0.15) is 11.8 Å². The minimum atomic E-state index is -4.00. The van der Waals surface area contributed by atoms with Crippen LogP contribution in [0.3, 0.4) is 0 Å². The molecule has 4 aromatic rings. The van der Waals surface area contributed by atoms with E-state index >= 15 is 0 Å². The van der Waals surface area contributed by atoms with E-state index in [1.165, 1.54) is 0 Å². The maximum absolute atomic E-state index is 13.5. The average Bonchev–Trinajstić information content (AvgIpc) is 3.14. The van der Waals surface area contributed by atoms with E-state index < -0.39 is 10.0 Å². The molecule has 5 rings (SSSR count). The predicted octanol–water partition coefficient (Wildman–Crippen LogP) is 7.69. The van der Waals surface area contributed by atoms with Crippen molar-refractivity contribution in [3.8, 4) is 11.3 Å². The highest BCUT2D eigenvalue weighted by Gasteiger charge is 2.31. The minimum absolute atomic E-state index is 0.0870. The molecule has 0 bridgehead atoms. The lowest BCUT2D eigenvalue weighted by Gasteiger charge is -2.26. The number of anilines is 1. The Morgan fingerprint density at radius 1 is 0.956 bits per heavy atom. The Kier molecular flexibility index (Phi) is 10.1. The molecule has 1 aliphatic rings. The highest BCUT2D eigenvalue weighted by Crippen LogP contribution is 2.32. The lowest BCUT2D eigenvalue weighted by Crippen LogP contribution is -2.35. The summed E-state index contributed by atoms with van der Waals surface area (Å²) in [7, 11) is -4.00. The van der Waals surface area contributed by atoms with Gasteiger partial charge in [0.05, 0.1) is 10.6 Å². The Hall–Kier alpha value is -3.95. The number of halogens is 1. The lowest BCUT2D eigenvalue weighted by atomic mass is 9.80. The number of amides is 1. The van der Waals surface area contributed by atoms with E-state index in [9.17, 15) is 13.2 Å². The molecule has 1 saturated heterocycles. The first-order valence-electron chi connectivity index (χ1n) is 15.2. The van der Waals surface area contributed by atoms with Gasteiger partial charge in [0, 0.05) is 24.7 Å². The van der Waals surface area contributed by atoms with E-state index in [-0.39, 0.29) is 40.5 Å². The summed E-state index contributed by atoms with van der Waals surface area (Å²) in [5.74, 6) is 0.741. The molecule has 8 nitrogen and oxygen atoms in total. The van der Waals surface area contributed by atoms with Crippen LogP contribution in [0.25, 0.3) is 11.3 Å². The number of carbonyl (C=O) groups is 1. The molecule has 236 valence electrons. The third-order valence-electron chi connectivity index (χ3n) is 8.75. The zero-order chi connectivity index (χ0) is 32.1. The first-order valence-corrected chi connectivity index (χ1v) is 17.0. The number of carbonyl (C=O) groups excluding carboxylic acids is 1. The smallest absolute Gasteiger partial charge is 0.410 e.